The van der Waals surface area contributed by atoms with E-state index in [1.807, 2.05) is 58.0 Å². The van der Waals surface area contributed by atoms with Crippen LogP contribution in [0.15, 0.2) is 47.0 Å². The van der Waals surface area contributed by atoms with Gasteiger partial charge in [-0.3, -0.25) is 14.8 Å². The van der Waals surface area contributed by atoms with Gasteiger partial charge in [0, 0.05) is 41.9 Å². The molecule has 0 unspecified atom stereocenters. The lowest BCUT2D eigenvalue weighted by molar-refractivity contribution is -0.142. The van der Waals surface area contributed by atoms with Crippen molar-refractivity contribution in [2.45, 2.75) is 47.8 Å². The largest absolute Gasteiger partial charge is 0.486 e. The lowest BCUT2D eigenvalue weighted by Crippen LogP contribution is -2.09. The molecular weight excluding hydrogens is 438 g/mol. The van der Waals surface area contributed by atoms with Crippen LogP contribution in [0.2, 0.25) is 5.02 Å². The molecule has 3 aromatic rings. The fraction of sp³-hybridized carbons (Fsp3) is 0.308. The van der Waals surface area contributed by atoms with Crippen LogP contribution >= 0.6 is 11.6 Å². The van der Waals surface area contributed by atoms with Gasteiger partial charge in [0.05, 0.1) is 16.4 Å². The Labute approximate surface area is 199 Å². The van der Waals surface area contributed by atoms with Crippen molar-refractivity contribution in [3.8, 4) is 5.75 Å². The van der Waals surface area contributed by atoms with E-state index >= 15 is 0 Å². The van der Waals surface area contributed by atoms with Crippen molar-refractivity contribution in [1.29, 1.82) is 0 Å². The van der Waals surface area contributed by atoms with Crippen molar-refractivity contribution in [3.63, 3.8) is 0 Å². The molecule has 6 nitrogen and oxygen atoms in total. The van der Waals surface area contributed by atoms with Crippen LogP contribution in [0, 0.1) is 13.8 Å². The number of hydrogen-bond acceptors (Lipinski definition) is 6. The van der Waals surface area contributed by atoms with Crippen molar-refractivity contribution >= 4 is 34.2 Å². The van der Waals surface area contributed by atoms with Crippen LogP contribution in [0.1, 0.15) is 49.0 Å². The molecule has 0 aliphatic carbocycles. The number of esters is 1. The summed E-state index contributed by atoms with van der Waals surface area (Å²) < 4.78 is 11.4. The molecule has 0 amide bonds. The summed E-state index contributed by atoms with van der Waals surface area (Å²) in [6.07, 6.45) is 2.04. The van der Waals surface area contributed by atoms with Crippen molar-refractivity contribution in [2.24, 2.45) is 4.99 Å². The second kappa shape index (κ2) is 10.6. The van der Waals surface area contributed by atoms with Crippen molar-refractivity contribution in [1.82, 2.24) is 9.97 Å². The van der Waals surface area contributed by atoms with E-state index in [-0.39, 0.29) is 19.2 Å². The van der Waals surface area contributed by atoms with Crippen LogP contribution in [0.3, 0.4) is 0 Å². The summed E-state index contributed by atoms with van der Waals surface area (Å²) in [6, 6.07) is 9.64. The molecule has 1 aromatic carbocycles. The maximum Gasteiger partial charge on any atom is 0.303 e. The number of hydrogen-bond donors (Lipinski definition) is 0. The molecule has 2 heterocycles. The third kappa shape index (κ3) is 5.57. The first-order valence-electron chi connectivity index (χ1n) is 10.7. The lowest BCUT2D eigenvalue weighted by atomic mass is 9.98. The quantitative estimate of drug-likeness (QED) is 0.319. The van der Waals surface area contributed by atoms with E-state index in [1.165, 1.54) is 6.92 Å². The van der Waals surface area contributed by atoms with Gasteiger partial charge in [-0.25, -0.2) is 4.98 Å². The highest BCUT2D eigenvalue weighted by molar-refractivity contribution is 6.31. The highest BCUT2D eigenvalue weighted by Crippen LogP contribution is 2.30. The normalized spacial score (nSPS) is 12.2. The predicted molar refractivity (Wildman–Crippen MR) is 132 cm³/mol. The number of rotatable bonds is 7. The molecule has 0 radical (unpaired) electrons. The lowest BCUT2D eigenvalue weighted by Gasteiger charge is -2.16. The molecule has 2 aromatic heterocycles. The van der Waals surface area contributed by atoms with Crippen LogP contribution in [0.25, 0.3) is 10.9 Å². The molecular formula is C26H28ClN3O3. The zero-order valence-corrected chi connectivity index (χ0v) is 20.6. The van der Waals surface area contributed by atoms with Gasteiger partial charge in [0.25, 0.3) is 0 Å². The highest BCUT2D eigenvalue weighted by Gasteiger charge is 2.16. The summed E-state index contributed by atoms with van der Waals surface area (Å²) >= 11 is 6.50. The first-order chi connectivity index (χ1) is 15.7. The molecule has 172 valence electrons. The number of nitrogens with zero attached hydrogens (tertiary/aromatic N) is 3. The average Bonchev–Trinajstić information content (AvgIpc) is 2.77. The molecule has 0 aliphatic heterocycles. The van der Waals surface area contributed by atoms with E-state index in [0.717, 1.165) is 39.1 Å². The zero-order chi connectivity index (χ0) is 24.1. The Bertz CT molecular complexity index is 1270. The van der Waals surface area contributed by atoms with Gasteiger partial charge in [0.2, 0.25) is 0 Å². The van der Waals surface area contributed by atoms with Gasteiger partial charge in [-0.05, 0) is 51.5 Å². The standard InChI is InChI=1S/C26H28ClN3O3/c1-7-15(2)25(28-6)20-11-16(3)30-26-19(20)9-8-10-24(26)33-13-21-22(27)12-17(4)29-23(21)14-32-18(5)31/h7-12H,13-14H2,1-6H3/b15-7-,28-25?. The van der Waals surface area contributed by atoms with E-state index in [2.05, 4.69) is 9.98 Å². The van der Waals surface area contributed by atoms with Crippen LogP contribution in [-0.4, -0.2) is 28.7 Å². The number of para-hydroxylation sites is 1. The van der Waals surface area contributed by atoms with E-state index in [1.54, 1.807) is 13.1 Å². The third-order valence-electron chi connectivity index (χ3n) is 5.28. The van der Waals surface area contributed by atoms with Crippen molar-refractivity contribution in [3.05, 3.63) is 75.2 Å². The Kier molecular flexibility index (Phi) is 7.82. The molecule has 0 atom stereocenters. The summed E-state index contributed by atoms with van der Waals surface area (Å²) in [5.74, 6) is 0.244. The molecule has 0 aliphatic rings. The smallest absolute Gasteiger partial charge is 0.303 e. The molecule has 7 heteroatoms. The first kappa shape index (κ1) is 24.4. The van der Waals surface area contributed by atoms with E-state index in [4.69, 9.17) is 26.1 Å². The number of halogens is 1. The van der Waals surface area contributed by atoms with Crippen molar-refractivity contribution in [2.75, 3.05) is 7.05 Å². The number of allylic oxidation sites excluding steroid dienone is 2. The minimum absolute atomic E-state index is 0.0332. The number of benzene rings is 1. The van der Waals surface area contributed by atoms with Crippen LogP contribution in [0.5, 0.6) is 5.75 Å². The Hall–Kier alpha value is -3.25. The molecule has 0 N–H and O–H groups in total. The SMILES string of the molecule is C/C=C(/C)C(=NC)c1cc(C)nc2c(OCc3c(Cl)cc(C)nc3COC(C)=O)cccc12. The molecule has 0 fully saturated rings. The number of ether oxygens (including phenoxy) is 2. The van der Waals surface area contributed by atoms with Gasteiger partial charge in [0.1, 0.15) is 24.5 Å². The fourth-order valence-electron chi connectivity index (χ4n) is 3.62. The minimum atomic E-state index is -0.382. The number of pyridine rings is 2. The molecule has 3 rings (SSSR count). The predicted octanol–water partition coefficient (Wildman–Crippen LogP) is 5.93. The zero-order valence-electron chi connectivity index (χ0n) is 19.8. The maximum atomic E-state index is 11.3. The topological polar surface area (TPSA) is 73.7 Å². The fourth-order valence-corrected chi connectivity index (χ4v) is 3.94. The summed E-state index contributed by atoms with van der Waals surface area (Å²) in [7, 11) is 1.79. The van der Waals surface area contributed by atoms with E-state index in [9.17, 15) is 4.79 Å². The molecule has 0 spiro atoms. The maximum absolute atomic E-state index is 11.3. The Morgan fingerprint density at radius 1 is 1.12 bits per heavy atom. The minimum Gasteiger partial charge on any atom is -0.486 e. The Morgan fingerprint density at radius 3 is 2.52 bits per heavy atom. The molecule has 0 saturated heterocycles. The van der Waals surface area contributed by atoms with Gasteiger partial charge in [-0.15, -0.1) is 0 Å². The Morgan fingerprint density at radius 2 is 1.85 bits per heavy atom. The van der Waals surface area contributed by atoms with Gasteiger partial charge < -0.3 is 9.47 Å². The molecule has 33 heavy (non-hydrogen) atoms. The number of aryl methyl sites for hydroxylation is 2. The van der Waals surface area contributed by atoms with Gasteiger partial charge in [-0.2, -0.15) is 0 Å². The third-order valence-corrected chi connectivity index (χ3v) is 5.62. The van der Waals surface area contributed by atoms with Gasteiger partial charge in [0.15, 0.2) is 0 Å². The number of fused-ring (bicyclic) bond motifs is 1. The first-order valence-corrected chi connectivity index (χ1v) is 11.0. The summed E-state index contributed by atoms with van der Waals surface area (Å²) in [5, 5.41) is 1.46. The van der Waals surface area contributed by atoms with Gasteiger partial charge in [-0.1, -0.05) is 29.8 Å². The number of carbonyl (C=O) groups excluding carboxylic acids is 1. The highest BCUT2D eigenvalue weighted by atomic mass is 35.5. The van der Waals surface area contributed by atoms with E-state index < -0.39 is 0 Å². The van der Waals surface area contributed by atoms with Crippen LogP contribution in [0.4, 0.5) is 0 Å². The van der Waals surface area contributed by atoms with Crippen LogP contribution < -0.4 is 4.74 Å². The average molecular weight is 466 g/mol. The number of aromatic nitrogens is 2. The van der Waals surface area contributed by atoms with Crippen molar-refractivity contribution < 1.29 is 14.3 Å². The number of carbonyl (C=O) groups is 1. The monoisotopic (exact) mass is 465 g/mol. The number of aliphatic imine (C=N–C) groups is 1. The molecule has 0 saturated carbocycles. The summed E-state index contributed by atoms with van der Waals surface area (Å²) in [5.41, 5.74) is 6.61. The summed E-state index contributed by atoms with van der Waals surface area (Å²) in [4.78, 5) is 25.1. The second-order valence-electron chi connectivity index (χ2n) is 7.75. The molecule has 0 bridgehead atoms. The van der Waals surface area contributed by atoms with Crippen LogP contribution in [-0.2, 0) is 22.7 Å². The second-order valence-corrected chi connectivity index (χ2v) is 8.15. The van der Waals surface area contributed by atoms with Gasteiger partial charge >= 0.3 is 5.97 Å². The Balaban J connectivity index is 2.03. The summed E-state index contributed by atoms with van der Waals surface area (Å²) in [6.45, 7) is 9.39. The van der Waals surface area contributed by atoms with E-state index in [0.29, 0.717) is 22.0 Å².